The molecule has 0 amide bonds. The highest BCUT2D eigenvalue weighted by atomic mass is 15.1. The van der Waals surface area contributed by atoms with Crippen LogP contribution in [0, 0.1) is 0 Å². The number of allylic oxidation sites excluding steroid dienone is 3. The summed E-state index contributed by atoms with van der Waals surface area (Å²) in [6.07, 6.45) is 8.30. The molecule has 1 aliphatic carbocycles. The maximum absolute atomic E-state index is 2.40. The summed E-state index contributed by atoms with van der Waals surface area (Å²) in [7, 11) is 0. The van der Waals surface area contributed by atoms with E-state index in [1.165, 1.54) is 41.7 Å². The predicted molar refractivity (Wildman–Crippen MR) is 68.6 cm³/mol. The average molecular weight is 211 g/mol. The third kappa shape index (κ3) is 1.67. The highest BCUT2D eigenvalue weighted by Crippen LogP contribution is 2.30. The van der Waals surface area contributed by atoms with Crippen molar-refractivity contribution in [1.82, 2.24) is 0 Å². The van der Waals surface area contributed by atoms with Gasteiger partial charge in [0.25, 0.3) is 0 Å². The summed E-state index contributed by atoms with van der Waals surface area (Å²) >= 11 is 0. The lowest BCUT2D eigenvalue weighted by molar-refractivity contribution is 0.961. The van der Waals surface area contributed by atoms with Gasteiger partial charge in [-0.25, -0.2) is 0 Å². The van der Waals surface area contributed by atoms with Crippen molar-refractivity contribution in [2.24, 2.45) is 0 Å². The number of hydrogen-bond donors (Lipinski definition) is 0. The number of nitrogens with zero attached hydrogens (tertiary/aromatic N) is 1. The molecule has 0 spiro atoms. The molecule has 0 N–H and O–H groups in total. The number of anilines is 1. The van der Waals surface area contributed by atoms with Gasteiger partial charge in [-0.05, 0) is 43.4 Å². The van der Waals surface area contributed by atoms with Crippen LogP contribution >= 0.6 is 0 Å². The molecule has 0 saturated heterocycles. The molecule has 1 heterocycles. The van der Waals surface area contributed by atoms with Gasteiger partial charge in [0.2, 0.25) is 0 Å². The van der Waals surface area contributed by atoms with Gasteiger partial charge in [0, 0.05) is 18.4 Å². The van der Waals surface area contributed by atoms with E-state index in [2.05, 4.69) is 48.4 Å². The maximum atomic E-state index is 2.40. The molecule has 0 aromatic heterocycles. The smallest absolute Gasteiger partial charge is 0.0439 e. The minimum absolute atomic E-state index is 1.13. The van der Waals surface area contributed by atoms with Crippen LogP contribution in [-0.2, 0) is 6.42 Å². The van der Waals surface area contributed by atoms with Crippen molar-refractivity contribution in [2.45, 2.75) is 26.2 Å². The molecular formula is C15H17N. The Labute approximate surface area is 97.1 Å². The van der Waals surface area contributed by atoms with Crippen molar-refractivity contribution in [3.05, 3.63) is 53.3 Å². The van der Waals surface area contributed by atoms with Crippen molar-refractivity contribution in [1.29, 1.82) is 0 Å². The van der Waals surface area contributed by atoms with Crippen LogP contribution in [0.15, 0.2) is 47.7 Å². The largest absolute Gasteiger partial charge is 0.347 e. The Hall–Kier alpha value is -1.50. The Balaban J connectivity index is 1.89. The molecule has 0 fully saturated rings. The molecule has 1 heteroatoms. The van der Waals surface area contributed by atoms with Gasteiger partial charge in [0.15, 0.2) is 0 Å². The zero-order valence-electron chi connectivity index (χ0n) is 9.74. The van der Waals surface area contributed by atoms with E-state index in [0.717, 1.165) is 6.54 Å². The summed E-state index contributed by atoms with van der Waals surface area (Å²) in [5.74, 6) is 0. The number of fused-ring (bicyclic) bond motifs is 1. The molecule has 0 unspecified atom stereocenters. The third-order valence-corrected chi connectivity index (χ3v) is 3.48. The Kier molecular flexibility index (Phi) is 2.32. The van der Waals surface area contributed by atoms with E-state index in [0.29, 0.717) is 0 Å². The van der Waals surface area contributed by atoms with E-state index in [9.17, 15) is 0 Å². The van der Waals surface area contributed by atoms with E-state index in [-0.39, 0.29) is 0 Å². The molecule has 2 aliphatic rings. The molecule has 0 bridgehead atoms. The van der Waals surface area contributed by atoms with Crippen LogP contribution in [0.25, 0.3) is 0 Å². The van der Waals surface area contributed by atoms with Crippen molar-refractivity contribution >= 4 is 5.69 Å². The molecule has 0 radical (unpaired) electrons. The van der Waals surface area contributed by atoms with Gasteiger partial charge in [-0.2, -0.15) is 0 Å². The molecule has 82 valence electrons. The van der Waals surface area contributed by atoms with Gasteiger partial charge < -0.3 is 4.90 Å². The molecule has 0 saturated carbocycles. The highest BCUT2D eigenvalue weighted by Gasteiger charge is 2.17. The van der Waals surface area contributed by atoms with Gasteiger partial charge in [-0.3, -0.25) is 0 Å². The Morgan fingerprint density at radius 3 is 2.81 bits per heavy atom. The van der Waals surface area contributed by atoms with Gasteiger partial charge >= 0.3 is 0 Å². The fraction of sp³-hybridized carbons (Fsp3) is 0.333. The number of benzene rings is 1. The summed E-state index contributed by atoms with van der Waals surface area (Å²) in [6, 6.07) is 8.73. The zero-order chi connectivity index (χ0) is 11.0. The zero-order valence-corrected chi connectivity index (χ0v) is 9.74. The first kappa shape index (κ1) is 9.71. The monoisotopic (exact) mass is 211 g/mol. The molecule has 1 nitrogen and oxygen atoms in total. The number of hydrogen-bond acceptors (Lipinski definition) is 1. The normalized spacial score (nSPS) is 21.4. The summed E-state index contributed by atoms with van der Waals surface area (Å²) in [4.78, 5) is 2.40. The standard InChI is InChI=1S/C15H17N/c1-12-6-7-13(10-12)11-16-9-8-14-4-2-3-5-15(14)16/h2-5,10-11H,6-9H2,1H3/b13-11+. The first-order chi connectivity index (χ1) is 7.83. The first-order valence-corrected chi connectivity index (χ1v) is 6.05. The Morgan fingerprint density at radius 2 is 2.00 bits per heavy atom. The van der Waals surface area contributed by atoms with Crippen LogP contribution in [0.5, 0.6) is 0 Å². The fourth-order valence-electron chi connectivity index (χ4n) is 2.60. The topological polar surface area (TPSA) is 3.24 Å². The second kappa shape index (κ2) is 3.82. The lowest BCUT2D eigenvalue weighted by atomic mass is 10.2. The van der Waals surface area contributed by atoms with E-state index >= 15 is 0 Å². The van der Waals surface area contributed by atoms with Gasteiger partial charge in [-0.15, -0.1) is 0 Å². The molecule has 0 atom stereocenters. The molecular weight excluding hydrogens is 194 g/mol. The second-order valence-electron chi connectivity index (χ2n) is 4.77. The summed E-state index contributed by atoms with van der Waals surface area (Å²) < 4.78 is 0. The van der Waals surface area contributed by atoms with Gasteiger partial charge in [0.05, 0.1) is 0 Å². The van der Waals surface area contributed by atoms with Crippen molar-refractivity contribution in [3.63, 3.8) is 0 Å². The lowest BCUT2D eigenvalue weighted by Gasteiger charge is -2.14. The molecule has 16 heavy (non-hydrogen) atoms. The SMILES string of the molecule is CC1=C/C(=C/N2CCc3ccccc32)CC1. The highest BCUT2D eigenvalue weighted by molar-refractivity contribution is 5.60. The van der Waals surface area contributed by atoms with Crippen LogP contribution in [0.3, 0.4) is 0 Å². The third-order valence-electron chi connectivity index (χ3n) is 3.48. The predicted octanol–water partition coefficient (Wildman–Crippen LogP) is 3.67. The average Bonchev–Trinajstić information content (AvgIpc) is 2.87. The van der Waals surface area contributed by atoms with Crippen LogP contribution in [0.1, 0.15) is 25.3 Å². The lowest BCUT2D eigenvalue weighted by Crippen LogP contribution is -2.12. The van der Waals surface area contributed by atoms with Crippen LogP contribution in [-0.4, -0.2) is 6.54 Å². The van der Waals surface area contributed by atoms with E-state index in [1.54, 1.807) is 0 Å². The summed E-state index contributed by atoms with van der Waals surface area (Å²) in [5, 5.41) is 0. The Bertz CT molecular complexity index is 468. The second-order valence-corrected chi connectivity index (χ2v) is 4.77. The van der Waals surface area contributed by atoms with Crippen LogP contribution in [0.2, 0.25) is 0 Å². The van der Waals surface area contributed by atoms with Crippen LogP contribution < -0.4 is 4.90 Å². The quantitative estimate of drug-likeness (QED) is 0.685. The molecule has 3 rings (SSSR count). The number of para-hydroxylation sites is 1. The summed E-state index contributed by atoms with van der Waals surface area (Å²) in [5.41, 5.74) is 5.87. The maximum Gasteiger partial charge on any atom is 0.0439 e. The van der Waals surface area contributed by atoms with Gasteiger partial charge in [0.1, 0.15) is 0 Å². The Morgan fingerprint density at radius 1 is 1.12 bits per heavy atom. The first-order valence-electron chi connectivity index (χ1n) is 6.05. The molecule has 1 aromatic carbocycles. The minimum Gasteiger partial charge on any atom is -0.347 e. The van der Waals surface area contributed by atoms with E-state index in [4.69, 9.17) is 0 Å². The van der Waals surface area contributed by atoms with E-state index < -0.39 is 0 Å². The fourth-order valence-corrected chi connectivity index (χ4v) is 2.60. The van der Waals surface area contributed by atoms with Crippen molar-refractivity contribution in [3.8, 4) is 0 Å². The number of rotatable bonds is 1. The van der Waals surface area contributed by atoms with E-state index in [1.807, 2.05) is 0 Å². The van der Waals surface area contributed by atoms with Crippen molar-refractivity contribution < 1.29 is 0 Å². The molecule has 1 aliphatic heterocycles. The van der Waals surface area contributed by atoms with Gasteiger partial charge in [-0.1, -0.05) is 29.8 Å². The summed E-state index contributed by atoms with van der Waals surface area (Å²) in [6.45, 7) is 3.36. The van der Waals surface area contributed by atoms with Crippen molar-refractivity contribution in [2.75, 3.05) is 11.4 Å². The molecule has 1 aromatic rings. The minimum atomic E-state index is 1.13. The van der Waals surface area contributed by atoms with Crippen LogP contribution in [0.4, 0.5) is 5.69 Å².